The third-order valence-corrected chi connectivity index (χ3v) is 2.91. The smallest absolute Gasteiger partial charge is 0.127 e. The van der Waals surface area contributed by atoms with Crippen molar-refractivity contribution in [1.29, 1.82) is 0 Å². The molecule has 2 aromatic carbocycles. The van der Waals surface area contributed by atoms with E-state index in [-0.39, 0.29) is 0 Å². The van der Waals surface area contributed by atoms with Gasteiger partial charge in [0, 0.05) is 0 Å². The van der Waals surface area contributed by atoms with Crippen molar-refractivity contribution in [3.8, 4) is 11.5 Å². The highest BCUT2D eigenvalue weighted by atomic mass is 16.5. The van der Waals surface area contributed by atoms with E-state index in [9.17, 15) is 5.11 Å². The number of aryl methyl sites for hydroxylation is 1. The van der Waals surface area contributed by atoms with Gasteiger partial charge in [-0.1, -0.05) is 36.8 Å². The van der Waals surface area contributed by atoms with Gasteiger partial charge in [-0.2, -0.15) is 0 Å². The topological polar surface area (TPSA) is 29.5 Å². The average molecular weight is 242 g/mol. The van der Waals surface area contributed by atoms with Gasteiger partial charge in [-0.3, -0.25) is 0 Å². The zero-order valence-corrected chi connectivity index (χ0v) is 10.8. The number of ether oxygens (including phenoxy) is 1. The summed E-state index contributed by atoms with van der Waals surface area (Å²) in [5.41, 5.74) is 2.14. The molecule has 0 fully saturated rings. The first-order valence-corrected chi connectivity index (χ1v) is 6.21. The lowest BCUT2D eigenvalue weighted by Crippen LogP contribution is -1.94. The number of rotatable bonds is 4. The molecule has 0 aliphatic rings. The van der Waals surface area contributed by atoms with E-state index >= 15 is 0 Å². The Bertz CT molecular complexity index is 486. The Hall–Kier alpha value is -1.80. The molecule has 0 amide bonds. The maximum atomic E-state index is 9.70. The molecule has 1 N–H and O–H groups in total. The molecule has 2 aromatic rings. The van der Waals surface area contributed by atoms with E-state index in [2.05, 4.69) is 0 Å². The van der Waals surface area contributed by atoms with Crippen molar-refractivity contribution in [2.24, 2.45) is 0 Å². The Morgan fingerprint density at radius 3 is 1.94 bits per heavy atom. The summed E-state index contributed by atoms with van der Waals surface area (Å²) in [6.45, 7) is 4.01. The standard InChI is InChI=1S/C16H18O2/c1-3-16(17)13-6-10-15(11-7-13)18-14-8-4-12(2)5-9-14/h4-11,16-17H,3H2,1-2H3/t16-/m1/s1. The van der Waals surface area contributed by atoms with Crippen molar-refractivity contribution < 1.29 is 9.84 Å². The predicted octanol–water partition coefficient (Wildman–Crippen LogP) is 4.23. The Balaban J connectivity index is 2.08. The Kier molecular flexibility index (Phi) is 4.00. The van der Waals surface area contributed by atoms with Crippen LogP contribution in [0.5, 0.6) is 11.5 Å². The van der Waals surface area contributed by atoms with Crippen LogP contribution in [0.25, 0.3) is 0 Å². The minimum Gasteiger partial charge on any atom is -0.457 e. The van der Waals surface area contributed by atoms with Gasteiger partial charge in [0.15, 0.2) is 0 Å². The fraction of sp³-hybridized carbons (Fsp3) is 0.250. The van der Waals surface area contributed by atoms with Crippen molar-refractivity contribution >= 4 is 0 Å². The van der Waals surface area contributed by atoms with Gasteiger partial charge in [0.1, 0.15) is 11.5 Å². The molecule has 0 radical (unpaired) electrons. The lowest BCUT2D eigenvalue weighted by Gasteiger charge is -2.10. The van der Waals surface area contributed by atoms with Crippen molar-refractivity contribution in [2.45, 2.75) is 26.4 Å². The van der Waals surface area contributed by atoms with E-state index in [0.29, 0.717) is 0 Å². The molecule has 2 rings (SSSR count). The largest absolute Gasteiger partial charge is 0.457 e. The Morgan fingerprint density at radius 1 is 0.944 bits per heavy atom. The van der Waals surface area contributed by atoms with E-state index in [1.165, 1.54) is 5.56 Å². The van der Waals surface area contributed by atoms with Crippen LogP contribution in [0.3, 0.4) is 0 Å². The molecule has 18 heavy (non-hydrogen) atoms. The van der Waals surface area contributed by atoms with Crippen LogP contribution < -0.4 is 4.74 Å². The van der Waals surface area contributed by atoms with Crippen LogP contribution in [0.1, 0.15) is 30.6 Å². The monoisotopic (exact) mass is 242 g/mol. The molecule has 94 valence electrons. The highest BCUT2D eigenvalue weighted by Gasteiger charge is 2.04. The summed E-state index contributed by atoms with van der Waals surface area (Å²) in [4.78, 5) is 0. The zero-order valence-electron chi connectivity index (χ0n) is 10.8. The van der Waals surface area contributed by atoms with Gasteiger partial charge in [-0.15, -0.1) is 0 Å². The number of aliphatic hydroxyl groups excluding tert-OH is 1. The second kappa shape index (κ2) is 5.69. The van der Waals surface area contributed by atoms with E-state index in [0.717, 1.165) is 23.5 Å². The molecule has 0 saturated carbocycles. The van der Waals surface area contributed by atoms with E-state index in [1.54, 1.807) is 0 Å². The minimum absolute atomic E-state index is 0.390. The molecule has 2 nitrogen and oxygen atoms in total. The molecule has 0 unspecified atom stereocenters. The molecular formula is C16H18O2. The Labute approximate surface area is 108 Å². The first kappa shape index (κ1) is 12.7. The first-order valence-electron chi connectivity index (χ1n) is 6.21. The number of hydrogen-bond donors (Lipinski definition) is 1. The van der Waals surface area contributed by atoms with Crippen molar-refractivity contribution in [3.63, 3.8) is 0 Å². The van der Waals surface area contributed by atoms with Crippen LogP contribution in [0.2, 0.25) is 0 Å². The lowest BCUT2D eigenvalue weighted by molar-refractivity contribution is 0.173. The molecule has 2 heteroatoms. The maximum absolute atomic E-state index is 9.70. The number of hydrogen-bond acceptors (Lipinski definition) is 2. The molecular weight excluding hydrogens is 224 g/mol. The quantitative estimate of drug-likeness (QED) is 0.869. The van der Waals surface area contributed by atoms with Gasteiger partial charge in [0.2, 0.25) is 0 Å². The highest BCUT2D eigenvalue weighted by Crippen LogP contribution is 2.24. The SMILES string of the molecule is CC[C@@H](O)c1ccc(Oc2ccc(C)cc2)cc1. The Morgan fingerprint density at radius 2 is 1.44 bits per heavy atom. The molecule has 0 aliphatic carbocycles. The van der Waals surface area contributed by atoms with Gasteiger partial charge >= 0.3 is 0 Å². The number of aliphatic hydroxyl groups is 1. The fourth-order valence-corrected chi connectivity index (χ4v) is 1.74. The van der Waals surface area contributed by atoms with Crippen LogP contribution in [-0.4, -0.2) is 5.11 Å². The van der Waals surface area contributed by atoms with Crippen molar-refractivity contribution in [2.75, 3.05) is 0 Å². The van der Waals surface area contributed by atoms with Gasteiger partial charge in [0.05, 0.1) is 6.10 Å². The zero-order chi connectivity index (χ0) is 13.0. The van der Waals surface area contributed by atoms with Gasteiger partial charge in [0.25, 0.3) is 0 Å². The summed E-state index contributed by atoms with van der Waals surface area (Å²) in [6.07, 6.45) is 0.330. The van der Waals surface area contributed by atoms with Crippen LogP contribution >= 0.6 is 0 Å². The maximum Gasteiger partial charge on any atom is 0.127 e. The summed E-state index contributed by atoms with van der Waals surface area (Å²) < 4.78 is 5.72. The third kappa shape index (κ3) is 3.11. The van der Waals surface area contributed by atoms with Crippen LogP contribution in [0, 0.1) is 6.92 Å². The minimum atomic E-state index is -0.390. The van der Waals surface area contributed by atoms with Gasteiger partial charge < -0.3 is 9.84 Å². The molecule has 0 spiro atoms. The average Bonchev–Trinajstić information content (AvgIpc) is 2.41. The van der Waals surface area contributed by atoms with Crippen molar-refractivity contribution in [3.05, 3.63) is 59.7 Å². The summed E-state index contributed by atoms with van der Waals surface area (Å²) in [6, 6.07) is 15.5. The number of benzene rings is 2. The first-order chi connectivity index (χ1) is 8.69. The normalized spacial score (nSPS) is 12.2. The second-order valence-corrected chi connectivity index (χ2v) is 4.41. The molecule has 0 heterocycles. The van der Waals surface area contributed by atoms with Crippen LogP contribution in [0.4, 0.5) is 0 Å². The molecule has 1 atom stereocenters. The molecule has 0 aromatic heterocycles. The summed E-state index contributed by atoms with van der Waals surface area (Å²) >= 11 is 0. The lowest BCUT2D eigenvalue weighted by atomic mass is 10.1. The van der Waals surface area contributed by atoms with E-state index in [1.807, 2.05) is 62.4 Å². The summed E-state index contributed by atoms with van der Waals surface area (Å²) in [5, 5.41) is 9.70. The van der Waals surface area contributed by atoms with E-state index < -0.39 is 6.10 Å². The molecule has 0 aliphatic heterocycles. The van der Waals surface area contributed by atoms with Gasteiger partial charge in [-0.25, -0.2) is 0 Å². The van der Waals surface area contributed by atoms with Crippen molar-refractivity contribution in [1.82, 2.24) is 0 Å². The van der Waals surface area contributed by atoms with Crippen LogP contribution in [-0.2, 0) is 0 Å². The third-order valence-electron chi connectivity index (χ3n) is 2.91. The molecule has 0 bridgehead atoms. The van der Waals surface area contributed by atoms with Crippen LogP contribution in [0.15, 0.2) is 48.5 Å². The fourth-order valence-electron chi connectivity index (χ4n) is 1.74. The highest BCUT2D eigenvalue weighted by molar-refractivity contribution is 5.34. The van der Waals surface area contributed by atoms with E-state index in [4.69, 9.17) is 4.74 Å². The second-order valence-electron chi connectivity index (χ2n) is 4.41. The molecule has 0 saturated heterocycles. The van der Waals surface area contributed by atoms with Gasteiger partial charge in [-0.05, 0) is 43.2 Å². The predicted molar refractivity (Wildman–Crippen MR) is 72.9 cm³/mol. The summed E-state index contributed by atoms with van der Waals surface area (Å²) in [5.74, 6) is 1.61. The summed E-state index contributed by atoms with van der Waals surface area (Å²) in [7, 11) is 0.